The van der Waals surface area contributed by atoms with Gasteiger partial charge in [0.05, 0.1) is 0 Å². The lowest BCUT2D eigenvalue weighted by Gasteiger charge is -2.01. The van der Waals surface area contributed by atoms with Crippen molar-refractivity contribution in [2.45, 2.75) is 6.54 Å². The normalized spacial score (nSPS) is 9.92. The monoisotopic (exact) mass is 179 g/mol. The Morgan fingerprint density at radius 2 is 2.38 bits per heavy atom. The van der Waals surface area contributed by atoms with E-state index in [1.165, 1.54) is 0 Å². The highest BCUT2D eigenvalue weighted by Crippen LogP contribution is 1.97. The highest BCUT2D eigenvalue weighted by molar-refractivity contribution is 5.71. The van der Waals surface area contributed by atoms with Gasteiger partial charge in [0.15, 0.2) is 6.29 Å². The number of aromatic nitrogens is 1. The number of carbonyl (C=O) groups is 1. The summed E-state index contributed by atoms with van der Waals surface area (Å²) >= 11 is 0. The van der Waals surface area contributed by atoms with E-state index in [0.717, 1.165) is 24.9 Å². The highest BCUT2D eigenvalue weighted by Gasteiger charge is 1.93. The van der Waals surface area contributed by atoms with Gasteiger partial charge in [-0.2, -0.15) is 0 Å². The summed E-state index contributed by atoms with van der Waals surface area (Å²) in [5.41, 5.74) is 6.83. The maximum Gasteiger partial charge on any atom is 0.168 e. The van der Waals surface area contributed by atoms with Gasteiger partial charge < -0.3 is 11.1 Å². The maximum absolute atomic E-state index is 10.3. The molecule has 1 aromatic heterocycles. The predicted octanol–water partition coefficient (Wildman–Crippen LogP) is -0.0576. The van der Waals surface area contributed by atoms with E-state index < -0.39 is 0 Å². The van der Waals surface area contributed by atoms with Gasteiger partial charge in [0.25, 0.3) is 0 Å². The minimum Gasteiger partial charge on any atom is -0.329 e. The zero-order valence-corrected chi connectivity index (χ0v) is 7.36. The van der Waals surface area contributed by atoms with Crippen LogP contribution in [0.2, 0.25) is 0 Å². The average molecular weight is 179 g/mol. The molecule has 0 bridgehead atoms. The number of nitrogens with zero attached hydrogens (tertiary/aromatic N) is 1. The minimum absolute atomic E-state index is 0.461. The lowest BCUT2D eigenvalue weighted by molar-refractivity contribution is 0.111. The molecule has 0 aliphatic carbocycles. The average Bonchev–Trinajstić information content (AvgIpc) is 2.19. The molecule has 0 aliphatic heterocycles. The summed E-state index contributed by atoms with van der Waals surface area (Å²) in [7, 11) is 0. The summed E-state index contributed by atoms with van der Waals surface area (Å²) in [6.07, 6.45) is 2.42. The van der Waals surface area contributed by atoms with Crippen LogP contribution in [0, 0.1) is 0 Å². The quantitative estimate of drug-likeness (QED) is 0.491. The molecule has 0 unspecified atom stereocenters. The fourth-order valence-corrected chi connectivity index (χ4v) is 0.945. The van der Waals surface area contributed by atoms with E-state index in [1.807, 2.05) is 6.07 Å². The van der Waals surface area contributed by atoms with Crippen molar-refractivity contribution in [3.63, 3.8) is 0 Å². The first-order valence-corrected chi connectivity index (χ1v) is 4.17. The second-order valence-electron chi connectivity index (χ2n) is 2.67. The molecule has 3 N–H and O–H groups in total. The van der Waals surface area contributed by atoms with Crippen LogP contribution in [0.5, 0.6) is 0 Å². The zero-order chi connectivity index (χ0) is 9.52. The molecular formula is C9H13N3O. The molecule has 70 valence electrons. The van der Waals surface area contributed by atoms with E-state index in [-0.39, 0.29) is 0 Å². The minimum atomic E-state index is 0.461. The third-order valence-corrected chi connectivity index (χ3v) is 1.62. The van der Waals surface area contributed by atoms with Crippen LogP contribution in [0.1, 0.15) is 16.1 Å². The van der Waals surface area contributed by atoms with Crippen LogP contribution in [0.3, 0.4) is 0 Å². The topological polar surface area (TPSA) is 68.0 Å². The largest absolute Gasteiger partial charge is 0.329 e. The van der Waals surface area contributed by atoms with Gasteiger partial charge in [-0.15, -0.1) is 0 Å². The zero-order valence-electron chi connectivity index (χ0n) is 7.36. The summed E-state index contributed by atoms with van der Waals surface area (Å²) in [5.74, 6) is 0. The Hall–Kier alpha value is -1.26. The van der Waals surface area contributed by atoms with E-state index in [1.54, 1.807) is 12.3 Å². The smallest absolute Gasteiger partial charge is 0.168 e. The Morgan fingerprint density at radius 1 is 1.54 bits per heavy atom. The number of aldehydes is 1. The summed E-state index contributed by atoms with van der Waals surface area (Å²) < 4.78 is 0. The first-order chi connectivity index (χ1) is 6.36. The number of pyridine rings is 1. The molecular weight excluding hydrogens is 166 g/mol. The van der Waals surface area contributed by atoms with Crippen LogP contribution >= 0.6 is 0 Å². The van der Waals surface area contributed by atoms with Crippen LogP contribution in [-0.4, -0.2) is 24.4 Å². The van der Waals surface area contributed by atoms with Gasteiger partial charge in [-0.25, -0.2) is 0 Å². The number of hydrogen-bond donors (Lipinski definition) is 2. The lowest BCUT2D eigenvalue weighted by Crippen LogP contribution is -2.21. The number of carbonyl (C=O) groups excluding carboxylic acids is 1. The van der Waals surface area contributed by atoms with Gasteiger partial charge in [-0.1, -0.05) is 6.07 Å². The van der Waals surface area contributed by atoms with Gasteiger partial charge in [0, 0.05) is 25.8 Å². The molecule has 0 aliphatic rings. The van der Waals surface area contributed by atoms with Crippen molar-refractivity contribution in [2.75, 3.05) is 13.1 Å². The summed E-state index contributed by atoms with van der Waals surface area (Å²) in [6, 6.07) is 3.58. The van der Waals surface area contributed by atoms with Crippen molar-refractivity contribution in [3.8, 4) is 0 Å². The predicted molar refractivity (Wildman–Crippen MR) is 50.4 cm³/mol. The van der Waals surface area contributed by atoms with Gasteiger partial charge in [-0.05, 0) is 11.6 Å². The van der Waals surface area contributed by atoms with E-state index >= 15 is 0 Å². The van der Waals surface area contributed by atoms with E-state index in [4.69, 9.17) is 5.73 Å². The van der Waals surface area contributed by atoms with Crippen LogP contribution < -0.4 is 11.1 Å². The van der Waals surface area contributed by atoms with Crippen LogP contribution in [-0.2, 0) is 6.54 Å². The first-order valence-electron chi connectivity index (χ1n) is 4.17. The van der Waals surface area contributed by atoms with E-state index in [9.17, 15) is 4.79 Å². The molecule has 0 atom stereocenters. The SMILES string of the molecule is NCCNCc1ccc(C=O)nc1. The van der Waals surface area contributed by atoms with Gasteiger partial charge in [0.2, 0.25) is 0 Å². The van der Waals surface area contributed by atoms with Crippen molar-refractivity contribution in [2.24, 2.45) is 5.73 Å². The van der Waals surface area contributed by atoms with Crippen LogP contribution in [0.15, 0.2) is 18.3 Å². The molecule has 0 aromatic carbocycles. The van der Waals surface area contributed by atoms with Crippen molar-refractivity contribution in [1.82, 2.24) is 10.3 Å². The molecule has 1 rings (SSSR count). The third-order valence-electron chi connectivity index (χ3n) is 1.62. The van der Waals surface area contributed by atoms with Gasteiger partial charge in [-0.3, -0.25) is 9.78 Å². The first kappa shape index (κ1) is 9.83. The second-order valence-corrected chi connectivity index (χ2v) is 2.67. The van der Waals surface area contributed by atoms with E-state index in [2.05, 4.69) is 10.3 Å². The Kier molecular flexibility index (Phi) is 4.08. The highest BCUT2D eigenvalue weighted by atomic mass is 16.1. The molecule has 1 aromatic rings. The fourth-order valence-electron chi connectivity index (χ4n) is 0.945. The number of nitrogens with two attached hydrogens (primary N) is 1. The molecule has 0 amide bonds. The summed E-state index contributed by atoms with van der Waals surface area (Å²) in [6.45, 7) is 2.15. The number of nitrogens with one attached hydrogen (secondary N) is 1. The van der Waals surface area contributed by atoms with Crippen molar-refractivity contribution in [3.05, 3.63) is 29.6 Å². The summed E-state index contributed by atoms with van der Waals surface area (Å²) in [4.78, 5) is 14.2. The maximum atomic E-state index is 10.3. The third kappa shape index (κ3) is 3.31. The molecule has 4 heteroatoms. The van der Waals surface area contributed by atoms with Crippen molar-refractivity contribution >= 4 is 6.29 Å². The molecule has 0 fully saturated rings. The Bertz CT molecular complexity index is 258. The van der Waals surface area contributed by atoms with Crippen molar-refractivity contribution in [1.29, 1.82) is 0 Å². The Labute approximate surface area is 77.2 Å². The molecule has 0 radical (unpaired) electrons. The van der Waals surface area contributed by atoms with Crippen LogP contribution in [0.4, 0.5) is 0 Å². The standard InChI is InChI=1S/C9H13N3O/c10-3-4-11-5-8-1-2-9(7-13)12-6-8/h1-2,6-7,11H,3-5,10H2. The number of rotatable bonds is 5. The fraction of sp³-hybridized carbons (Fsp3) is 0.333. The molecule has 0 saturated heterocycles. The Balaban J connectivity index is 2.44. The molecule has 13 heavy (non-hydrogen) atoms. The van der Waals surface area contributed by atoms with Gasteiger partial charge in [0.1, 0.15) is 5.69 Å². The second kappa shape index (κ2) is 5.40. The number of hydrogen-bond acceptors (Lipinski definition) is 4. The van der Waals surface area contributed by atoms with Crippen molar-refractivity contribution < 1.29 is 4.79 Å². The lowest BCUT2D eigenvalue weighted by atomic mass is 10.2. The molecule has 1 heterocycles. The van der Waals surface area contributed by atoms with E-state index in [0.29, 0.717) is 12.2 Å². The van der Waals surface area contributed by atoms with Crippen LogP contribution in [0.25, 0.3) is 0 Å². The molecule has 4 nitrogen and oxygen atoms in total. The van der Waals surface area contributed by atoms with Gasteiger partial charge >= 0.3 is 0 Å². The summed E-state index contributed by atoms with van der Waals surface area (Å²) in [5, 5.41) is 3.14. The molecule has 0 saturated carbocycles. The Morgan fingerprint density at radius 3 is 2.92 bits per heavy atom. The molecule has 0 spiro atoms.